The summed E-state index contributed by atoms with van der Waals surface area (Å²) >= 11 is 6.22. The molecule has 0 aromatic heterocycles. The van der Waals surface area contributed by atoms with Gasteiger partial charge in [-0.2, -0.15) is 0 Å². The smallest absolute Gasteiger partial charge is 0.0700 e. The van der Waals surface area contributed by atoms with E-state index in [1.807, 2.05) is 19.1 Å². The van der Waals surface area contributed by atoms with Gasteiger partial charge in [0.15, 0.2) is 0 Å². The van der Waals surface area contributed by atoms with Crippen LogP contribution in [0.1, 0.15) is 17.5 Å². The highest BCUT2D eigenvalue weighted by molar-refractivity contribution is 6.31. The Morgan fingerprint density at radius 1 is 1.32 bits per heavy atom. The van der Waals surface area contributed by atoms with Gasteiger partial charge in [0.25, 0.3) is 0 Å². The van der Waals surface area contributed by atoms with Crippen molar-refractivity contribution in [2.45, 2.75) is 25.8 Å². The van der Waals surface area contributed by atoms with Crippen molar-refractivity contribution < 1.29 is 9.47 Å². The minimum atomic E-state index is 0.155. The first-order valence-corrected chi connectivity index (χ1v) is 6.83. The zero-order chi connectivity index (χ0) is 14.1. The predicted octanol–water partition coefficient (Wildman–Crippen LogP) is 2.08. The molecule has 0 fully saturated rings. The third-order valence-corrected chi connectivity index (χ3v) is 3.30. The zero-order valence-corrected chi connectivity index (χ0v) is 12.4. The molecule has 0 spiro atoms. The molecule has 108 valence electrons. The first kappa shape index (κ1) is 16.4. The summed E-state index contributed by atoms with van der Waals surface area (Å²) in [5, 5.41) is 0.792. The van der Waals surface area contributed by atoms with Crippen molar-refractivity contribution in [2.75, 3.05) is 26.9 Å². The van der Waals surface area contributed by atoms with E-state index >= 15 is 0 Å². The maximum atomic E-state index is 6.22. The lowest BCUT2D eigenvalue weighted by atomic mass is 10.0. The second-order valence-electron chi connectivity index (χ2n) is 4.56. The molecular formula is C14H23ClN2O2. The molecule has 0 saturated heterocycles. The minimum Gasteiger partial charge on any atom is -0.382 e. The Morgan fingerprint density at radius 3 is 2.74 bits per heavy atom. The Bertz CT molecular complexity index is 374. The number of methoxy groups -OCH3 is 1. The molecule has 4 nitrogen and oxygen atoms in total. The normalized spacial score (nSPS) is 12.6. The molecule has 0 bridgehead atoms. The molecule has 1 aromatic rings. The number of hydrazine groups is 1. The summed E-state index contributed by atoms with van der Waals surface area (Å²) in [7, 11) is 1.66. The molecule has 1 atom stereocenters. The average Bonchev–Trinajstić information content (AvgIpc) is 2.39. The van der Waals surface area contributed by atoms with Crippen LogP contribution in [0.15, 0.2) is 18.2 Å². The summed E-state index contributed by atoms with van der Waals surface area (Å²) in [5.41, 5.74) is 5.08. The third-order valence-electron chi connectivity index (χ3n) is 2.95. The second kappa shape index (κ2) is 9.28. The Morgan fingerprint density at radius 2 is 2.11 bits per heavy atom. The van der Waals surface area contributed by atoms with Crippen molar-refractivity contribution in [3.63, 3.8) is 0 Å². The van der Waals surface area contributed by atoms with E-state index in [0.29, 0.717) is 19.8 Å². The van der Waals surface area contributed by atoms with Crippen LogP contribution in [0.5, 0.6) is 0 Å². The van der Waals surface area contributed by atoms with E-state index in [1.165, 1.54) is 0 Å². The van der Waals surface area contributed by atoms with Crippen molar-refractivity contribution in [2.24, 2.45) is 5.84 Å². The van der Waals surface area contributed by atoms with Crippen molar-refractivity contribution >= 4 is 11.6 Å². The Hall–Kier alpha value is -0.650. The molecule has 0 aliphatic carbocycles. The lowest BCUT2D eigenvalue weighted by Crippen LogP contribution is -2.37. The van der Waals surface area contributed by atoms with Crippen LogP contribution in [-0.2, 0) is 15.9 Å². The Kier molecular flexibility index (Phi) is 8.02. The van der Waals surface area contributed by atoms with Gasteiger partial charge in [-0.15, -0.1) is 0 Å². The van der Waals surface area contributed by atoms with E-state index in [4.69, 9.17) is 26.9 Å². The standard InChI is InChI=1S/C14H23ClN2O2/c1-11-3-4-12(14(15)9-11)10-13(17-16)5-6-19-8-7-18-2/h3-4,9,13,17H,5-8,10,16H2,1-2H3. The van der Waals surface area contributed by atoms with E-state index < -0.39 is 0 Å². The van der Waals surface area contributed by atoms with Gasteiger partial charge in [0, 0.05) is 24.8 Å². The Labute approximate surface area is 120 Å². The highest BCUT2D eigenvalue weighted by Gasteiger charge is 2.10. The summed E-state index contributed by atoms with van der Waals surface area (Å²) in [5.74, 6) is 5.57. The molecular weight excluding hydrogens is 264 g/mol. The van der Waals surface area contributed by atoms with Gasteiger partial charge in [0.2, 0.25) is 0 Å². The number of benzene rings is 1. The molecule has 3 N–H and O–H groups in total. The maximum absolute atomic E-state index is 6.22. The average molecular weight is 287 g/mol. The SMILES string of the molecule is COCCOCCC(Cc1ccc(C)cc1Cl)NN. The highest BCUT2D eigenvalue weighted by atomic mass is 35.5. The number of nitrogens with two attached hydrogens (primary N) is 1. The lowest BCUT2D eigenvalue weighted by Gasteiger charge is -2.17. The van der Waals surface area contributed by atoms with Crippen molar-refractivity contribution in [1.29, 1.82) is 0 Å². The van der Waals surface area contributed by atoms with Crippen LogP contribution >= 0.6 is 11.6 Å². The van der Waals surface area contributed by atoms with Crippen LogP contribution in [0.25, 0.3) is 0 Å². The molecule has 0 aliphatic heterocycles. The fourth-order valence-corrected chi connectivity index (χ4v) is 2.11. The highest BCUT2D eigenvalue weighted by Crippen LogP contribution is 2.19. The van der Waals surface area contributed by atoms with Crippen molar-refractivity contribution in [3.05, 3.63) is 34.3 Å². The molecule has 1 rings (SSSR count). The monoisotopic (exact) mass is 286 g/mol. The second-order valence-corrected chi connectivity index (χ2v) is 4.96. The van der Waals surface area contributed by atoms with Gasteiger partial charge >= 0.3 is 0 Å². The summed E-state index contributed by atoms with van der Waals surface area (Å²) < 4.78 is 10.4. The van der Waals surface area contributed by atoms with Crippen LogP contribution < -0.4 is 11.3 Å². The number of halogens is 1. The summed E-state index contributed by atoms with van der Waals surface area (Å²) in [6.07, 6.45) is 1.63. The number of nitrogens with one attached hydrogen (secondary N) is 1. The predicted molar refractivity (Wildman–Crippen MR) is 78.3 cm³/mol. The summed E-state index contributed by atoms with van der Waals surface area (Å²) in [6.45, 7) is 3.91. The van der Waals surface area contributed by atoms with Crippen molar-refractivity contribution in [1.82, 2.24) is 5.43 Å². The topological polar surface area (TPSA) is 56.5 Å². The molecule has 19 heavy (non-hydrogen) atoms. The van der Waals surface area contributed by atoms with Crippen molar-refractivity contribution in [3.8, 4) is 0 Å². The number of rotatable bonds is 9. The number of ether oxygens (including phenoxy) is 2. The molecule has 0 amide bonds. The molecule has 0 heterocycles. The van der Waals surface area contributed by atoms with Gasteiger partial charge in [0.1, 0.15) is 0 Å². The summed E-state index contributed by atoms with van der Waals surface area (Å²) in [6, 6.07) is 6.24. The molecule has 5 heteroatoms. The number of aryl methyl sites for hydroxylation is 1. The molecule has 0 aliphatic rings. The number of hydrogen-bond acceptors (Lipinski definition) is 4. The first-order chi connectivity index (χ1) is 9.17. The van der Waals surface area contributed by atoms with Crippen LogP contribution in [0.4, 0.5) is 0 Å². The fourth-order valence-electron chi connectivity index (χ4n) is 1.80. The molecule has 1 aromatic carbocycles. The minimum absolute atomic E-state index is 0.155. The lowest BCUT2D eigenvalue weighted by molar-refractivity contribution is 0.0658. The quantitative estimate of drug-likeness (QED) is 0.415. The Balaban J connectivity index is 2.39. The van der Waals surface area contributed by atoms with E-state index in [9.17, 15) is 0 Å². The van der Waals surface area contributed by atoms with Gasteiger partial charge in [-0.3, -0.25) is 11.3 Å². The third kappa shape index (κ3) is 6.36. The molecule has 0 saturated carbocycles. The van der Waals surface area contributed by atoms with Gasteiger partial charge in [-0.25, -0.2) is 0 Å². The van der Waals surface area contributed by atoms with Gasteiger partial charge in [-0.1, -0.05) is 23.7 Å². The molecule has 1 unspecified atom stereocenters. The number of hydrogen-bond donors (Lipinski definition) is 2. The van der Waals surface area contributed by atoms with Gasteiger partial charge in [0.05, 0.1) is 13.2 Å². The van der Waals surface area contributed by atoms with E-state index in [1.54, 1.807) is 7.11 Å². The van der Waals surface area contributed by atoms with Gasteiger partial charge < -0.3 is 9.47 Å². The van der Waals surface area contributed by atoms with Gasteiger partial charge in [-0.05, 0) is 37.0 Å². The van der Waals surface area contributed by atoms with Crippen LogP contribution in [0, 0.1) is 6.92 Å². The summed E-state index contributed by atoms with van der Waals surface area (Å²) in [4.78, 5) is 0. The van der Waals surface area contributed by atoms with E-state index in [-0.39, 0.29) is 6.04 Å². The first-order valence-electron chi connectivity index (χ1n) is 6.45. The van der Waals surface area contributed by atoms with Crippen LogP contribution in [0.3, 0.4) is 0 Å². The van der Waals surface area contributed by atoms with E-state index in [0.717, 1.165) is 29.0 Å². The fraction of sp³-hybridized carbons (Fsp3) is 0.571. The molecule has 0 radical (unpaired) electrons. The van der Waals surface area contributed by atoms with Crippen LogP contribution in [0.2, 0.25) is 5.02 Å². The van der Waals surface area contributed by atoms with Crippen LogP contribution in [-0.4, -0.2) is 33.0 Å². The maximum Gasteiger partial charge on any atom is 0.0700 e. The largest absolute Gasteiger partial charge is 0.382 e. The zero-order valence-electron chi connectivity index (χ0n) is 11.6. The van der Waals surface area contributed by atoms with E-state index in [2.05, 4.69) is 11.5 Å².